The first-order chi connectivity index (χ1) is 30.2. The van der Waals surface area contributed by atoms with E-state index in [4.69, 9.17) is 48.7 Å². The van der Waals surface area contributed by atoms with Gasteiger partial charge in [0, 0.05) is 64.9 Å². The molecule has 14 N–H and O–H groups in total. The van der Waals surface area contributed by atoms with Crippen molar-refractivity contribution < 1.29 is 101 Å². The SMILES string of the molecule is CO.CO.CO.CO.CO.CO.O.O=P1([O-])Oc2ccc3ccccc3c2-c2c(ccc3ccccc23)O1.O=P1([O-])Oc2ccc3ccccc3c2-c2c(ccc3ccccc23)O1.[Cu+2].[OH3+].[OH3+]. The molecule has 20 heteroatoms. The zero-order chi connectivity index (χ0) is 46.0. The molecule has 361 valence electrons. The summed E-state index contributed by atoms with van der Waals surface area (Å²) in [5, 5.41) is 49.7. The summed E-state index contributed by atoms with van der Waals surface area (Å²) in [5.41, 5.74) is 2.94. The van der Waals surface area contributed by atoms with E-state index in [0.29, 0.717) is 0 Å². The predicted molar refractivity (Wildman–Crippen MR) is 254 cm³/mol. The molecule has 2 aliphatic rings. The molecule has 17 nitrogen and oxygen atoms in total. The van der Waals surface area contributed by atoms with Crippen molar-refractivity contribution in [2.24, 2.45) is 0 Å². The van der Waals surface area contributed by atoms with E-state index in [-0.39, 0.29) is 56.5 Å². The molecule has 0 fully saturated rings. The Morgan fingerprint density at radius 1 is 0.333 bits per heavy atom. The third-order valence-electron chi connectivity index (χ3n) is 8.90. The van der Waals surface area contributed by atoms with Gasteiger partial charge in [0.1, 0.15) is 23.0 Å². The van der Waals surface area contributed by atoms with Crippen LogP contribution < -0.4 is 27.9 Å². The number of hydrogen-bond acceptors (Lipinski definition) is 14. The topological polar surface area (TPSA) is 336 Å². The minimum absolute atomic E-state index is 0. The molecule has 8 aromatic rings. The molecule has 0 saturated carbocycles. The summed E-state index contributed by atoms with van der Waals surface area (Å²) < 4.78 is 45.5. The van der Waals surface area contributed by atoms with Crippen molar-refractivity contribution in [1.29, 1.82) is 0 Å². The van der Waals surface area contributed by atoms with Gasteiger partial charge in [0.25, 0.3) is 0 Å². The minimum Gasteiger partial charge on any atom is -0.736 e. The van der Waals surface area contributed by atoms with Crippen molar-refractivity contribution in [1.82, 2.24) is 0 Å². The summed E-state index contributed by atoms with van der Waals surface area (Å²) in [6, 6.07) is 45.4. The van der Waals surface area contributed by atoms with Crippen LogP contribution in [0, 0.1) is 0 Å². The standard InChI is InChI=1S/2C20H13O4P.6CH4O.Cu.3H2O/c2*21-25(22)23-17-11-9-13-5-1-3-7-15(13)19(17)20-16-8-4-2-6-14(16)10-12-18(20)24-25;6*1-2;;;;/h2*1-12H,(H,21,22);6*2H,1H3;;3*1H2/q;;;;;;;;+2;;;. The molecule has 0 aliphatic carbocycles. The first kappa shape index (κ1) is 62.6. The summed E-state index contributed by atoms with van der Waals surface area (Å²) in [7, 11) is -3.00. The van der Waals surface area contributed by atoms with Gasteiger partial charge in [-0.2, -0.15) is 0 Å². The van der Waals surface area contributed by atoms with Crippen LogP contribution in [0.4, 0.5) is 0 Å². The van der Waals surface area contributed by atoms with Crippen LogP contribution in [-0.4, -0.2) is 78.8 Å². The van der Waals surface area contributed by atoms with Crippen LogP contribution in [0.3, 0.4) is 0 Å². The molecule has 66 heavy (non-hydrogen) atoms. The number of benzene rings is 8. The van der Waals surface area contributed by atoms with Gasteiger partial charge in [0.2, 0.25) is 0 Å². The molecule has 0 atom stereocenters. The van der Waals surface area contributed by atoms with Crippen LogP contribution in [-0.2, 0) is 37.2 Å². The van der Waals surface area contributed by atoms with Crippen LogP contribution in [0.25, 0.3) is 65.3 Å². The second kappa shape index (κ2) is 29.9. The fourth-order valence-corrected chi connectivity index (χ4v) is 8.51. The zero-order valence-corrected chi connectivity index (χ0v) is 39.4. The van der Waals surface area contributed by atoms with E-state index >= 15 is 0 Å². The number of aliphatic hydroxyl groups is 6. The molecule has 0 aromatic heterocycles. The second-order valence-electron chi connectivity index (χ2n) is 11.9. The van der Waals surface area contributed by atoms with Crippen LogP contribution >= 0.6 is 15.6 Å². The molecule has 0 spiro atoms. The van der Waals surface area contributed by atoms with E-state index in [9.17, 15) is 18.9 Å². The van der Waals surface area contributed by atoms with E-state index < -0.39 is 15.6 Å². The molecule has 10 rings (SSSR count). The average molecular weight is 1010 g/mol. The summed E-state index contributed by atoms with van der Waals surface area (Å²) >= 11 is 0. The van der Waals surface area contributed by atoms with Crippen molar-refractivity contribution in [3.05, 3.63) is 146 Å². The monoisotopic (exact) mass is 1010 g/mol. The normalized spacial score (nSPS) is 11.8. The molecule has 8 aromatic carbocycles. The minimum atomic E-state index is -4.50. The van der Waals surface area contributed by atoms with Crippen LogP contribution in [0.2, 0.25) is 0 Å². The Bertz CT molecular complexity index is 2440. The summed E-state index contributed by atoms with van der Waals surface area (Å²) in [4.78, 5) is 24.5. The van der Waals surface area contributed by atoms with Gasteiger partial charge in [0.15, 0.2) is 0 Å². The van der Waals surface area contributed by atoms with Crippen LogP contribution in [0.1, 0.15) is 0 Å². The van der Waals surface area contributed by atoms with Gasteiger partial charge in [-0.05, 0) is 67.4 Å². The summed E-state index contributed by atoms with van der Waals surface area (Å²) in [6.45, 7) is 0. The maximum absolute atomic E-state index is 12.3. The molecule has 0 unspecified atom stereocenters. The quantitative estimate of drug-likeness (QED) is 0.0677. The Hall–Kier alpha value is -5.46. The first-order valence-corrected chi connectivity index (χ1v) is 21.3. The van der Waals surface area contributed by atoms with Crippen molar-refractivity contribution >= 4 is 58.7 Å². The van der Waals surface area contributed by atoms with Gasteiger partial charge >= 0.3 is 32.7 Å². The molecular weight excluding hydrogens is 950 g/mol. The molecule has 0 bridgehead atoms. The number of phosphoric acid groups is 2. The van der Waals surface area contributed by atoms with E-state index in [1.807, 2.05) is 121 Å². The predicted octanol–water partition coefficient (Wildman–Crippen LogP) is 4.78. The largest absolute Gasteiger partial charge is 2.00 e. The third-order valence-corrected chi connectivity index (χ3v) is 10.6. The van der Waals surface area contributed by atoms with Gasteiger partial charge in [-0.25, -0.2) is 9.13 Å². The van der Waals surface area contributed by atoms with Crippen molar-refractivity contribution in [2.45, 2.75) is 0 Å². The molecule has 0 saturated heterocycles. The smallest absolute Gasteiger partial charge is 0.736 e. The molecule has 0 amide bonds. The molecule has 2 aliphatic heterocycles. The summed E-state index contributed by atoms with van der Waals surface area (Å²) in [6.07, 6.45) is 0. The Kier molecular flexibility index (Phi) is 28.4. The molecule has 2 heterocycles. The Balaban J connectivity index is 0. The van der Waals surface area contributed by atoms with E-state index in [1.54, 1.807) is 24.3 Å². The van der Waals surface area contributed by atoms with Crippen molar-refractivity contribution in [2.75, 3.05) is 42.7 Å². The van der Waals surface area contributed by atoms with Gasteiger partial charge in [-0.1, -0.05) is 121 Å². The Labute approximate surface area is 391 Å². The summed E-state index contributed by atoms with van der Waals surface area (Å²) in [5.74, 6) is 1.14. The van der Waals surface area contributed by atoms with Gasteiger partial charge in [-0.3, -0.25) is 0 Å². The van der Waals surface area contributed by atoms with Crippen molar-refractivity contribution in [3.63, 3.8) is 0 Å². The molecule has 1 radical (unpaired) electrons. The fourth-order valence-electron chi connectivity index (χ4n) is 6.86. The number of aliphatic hydroxyl groups excluding tert-OH is 6. The van der Waals surface area contributed by atoms with Gasteiger partial charge in [0.05, 0.1) is 0 Å². The first-order valence-electron chi connectivity index (χ1n) is 18.4. The van der Waals surface area contributed by atoms with E-state index in [1.165, 1.54) is 0 Å². The average Bonchev–Trinajstić information content (AvgIpc) is 3.54. The third kappa shape index (κ3) is 13.8. The maximum atomic E-state index is 12.3. The van der Waals surface area contributed by atoms with Crippen LogP contribution in [0.5, 0.6) is 23.0 Å². The Morgan fingerprint density at radius 2 is 0.500 bits per heavy atom. The van der Waals surface area contributed by atoms with Crippen LogP contribution in [0.15, 0.2) is 146 Å². The second-order valence-corrected chi connectivity index (χ2v) is 14.4. The van der Waals surface area contributed by atoms with Gasteiger partial charge in [-0.15, -0.1) is 0 Å². The van der Waals surface area contributed by atoms with Gasteiger partial charge < -0.3 is 74.9 Å². The maximum Gasteiger partial charge on any atom is 2.00 e. The fraction of sp³-hybridized carbons (Fsp3) is 0.130. The van der Waals surface area contributed by atoms with E-state index in [0.717, 1.165) is 108 Å². The number of hydrogen-bond donors (Lipinski definition) is 6. The van der Waals surface area contributed by atoms with Crippen molar-refractivity contribution in [3.8, 4) is 45.3 Å². The number of fused-ring (bicyclic) bond motifs is 14. The zero-order valence-electron chi connectivity index (χ0n) is 36.7. The number of phosphoric ester groups is 2. The molecular formula is C46H56CuO17P2+2. The Morgan fingerprint density at radius 3 is 0.682 bits per heavy atom. The van der Waals surface area contributed by atoms with E-state index in [2.05, 4.69) is 0 Å². The number of rotatable bonds is 0.